The molecule has 156 valence electrons. The number of amides is 1. The molecule has 3 aromatic rings. The number of hydrogen-bond donors (Lipinski definition) is 1. The van der Waals surface area contributed by atoms with Crippen molar-refractivity contribution in [3.8, 4) is 5.75 Å². The van der Waals surface area contributed by atoms with Gasteiger partial charge in [0, 0.05) is 24.2 Å². The second-order valence-corrected chi connectivity index (χ2v) is 8.32. The molecule has 0 atom stereocenters. The van der Waals surface area contributed by atoms with Gasteiger partial charge in [-0.15, -0.1) is 0 Å². The number of benzene rings is 2. The molecule has 30 heavy (non-hydrogen) atoms. The third kappa shape index (κ3) is 4.56. The predicted molar refractivity (Wildman–Crippen MR) is 122 cm³/mol. The van der Waals surface area contributed by atoms with Gasteiger partial charge < -0.3 is 15.0 Å². The van der Waals surface area contributed by atoms with Crippen molar-refractivity contribution in [2.24, 2.45) is 5.92 Å². The number of nitrogens with one attached hydrogen (secondary N) is 1. The molecule has 1 N–H and O–H groups in total. The summed E-state index contributed by atoms with van der Waals surface area (Å²) < 4.78 is 5.88. The van der Waals surface area contributed by atoms with E-state index in [2.05, 4.69) is 29.3 Å². The molecule has 5 nitrogen and oxygen atoms in total. The lowest BCUT2D eigenvalue weighted by Crippen LogP contribution is -2.33. The van der Waals surface area contributed by atoms with Crippen LogP contribution in [0.4, 0.5) is 11.5 Å². The molecule has 0 bridgehead atoms. The Kier molecular flexibility index (Phi) is 5.88. The Labute approximate surface area is 178 Å². The number of anilines is 2. The average molecular weight is 404 g/mol. The Bertz CT molecular complexity index is 1060. The lowest BCUT2D eigenvalue weighted by atomic mass is 9.99. The molecule has 1 fully saturated rings. The van der Waals surface area contributed by atoms with Crippen molar-refractivity contribution in [2.75, 3.05) is 29.9 Å². The second kappa shape index (κ2) is 8.74. The first kappa shape index (κ1) is 20.2. The van der Waals surface area contributed by atoms with Crippen LogP contribution < -0.4 is 15.0 Å². The van der Waals surface area contributed by atoms with Gasteiger partial charge in [-0.3, -0.25) is 4.79 Å². The maximum absolute atomic E-state index is 12.4. The predicted octanol–water partition coefficient (Wildman–Crippen LogP) is 5.11. The molecular weight excluding hydrogens is 374 g/mol. The van der Waals surface area contributed by atoms with Gasteiger partial charge >= 0.3 is 0 Å². The van der Waals surface area contributed by atoms with E-state index in [1.165, 1.54) is 18.4 Å². The lowest BCUT2D eigenvalue weighted by Gasteiger charge is -2.31. The summed E-state index contributed by atoms with van der Waals surface area (Å²) in [7, 11) is 0. The number of pyridine rings is 1. The summed E-state index contributed by atoms with van der Waals surface area (Å²) in [5, 5.41) is 3.94. The van der Waals surface area contributed by atoms with Crippen LogP contribution in [0.1, 0.15) is 30.9 Å². The number of carbonyl (C=O) groups is 1. The third-order valence-electron chi connectivity index (χ3n) is 5.79. The van der Waals surface area contributed by atoms with Crippen molar-refractivity contribution >= 4 is 28.3 Å². The van der Waals surface area contributed by atoms with Gasteiger partial charge in [0.15, 0.2) is 6.61 Å². The fraction of sp³-hybridized carbons (Fsp3) is 0.360. The highest BCUT2D eigenvalue weighted by molar-refractivity contribution is 5.93. The quantitative estimate of drug-likeness (QED) is 0.643. The van der Waals surface area contributed by atoms with Crippen molar-refractivity contribution in [1.29, 1.82) is 0 Å². The first-order valence-corrected chi connectivity index (χ1v) is 10.6. The van der Waals surface area contributed by atoms with Gasteiger partial charge in [0.1, 0.15) is 17.1 Å². The van der Waals surface area contributed by atoms with Crippen LogP contribution in [0.5, 0.6) is 5.75 Å². The number of piperidine rings is 1. The molecule has 1 amide bonds. The number of aromatic nitrogens is 1. The number of hydrogen-bond acceptors (Lipinski definition) is 4. The average Bonchev–Trinajstić information content (AvgIpc) is 2.74. The van der Waals surface area contributed by atoms with E-state index >= 15 is 0 Å². The molecule has 1 saturated heterocycles. The Hall–Kier alpha value is -3.08. The molecule has 5 heteroatoms. The third-order valence-corrected chi connectivity index (χ3v) is 5.79. The first-order chi connectivity index (χ1) is 14.5. The van der Waals surface area contributed by atoms with Crippen LogP contribution in [0.3, 0.4) is 0 Å². The summed E-state index contributed by atoms with van der Waals surface area (Å²) in [6.07, 6.45) is 2.38. The van der Waals surface area contributed by atoms with E-state index in [4.69, 9.17) is 9.72 Å². The number of rotatable bonds is 5. The van der Waals surface area contributed by atoms with Crippen molar-refractivity contribution < 1.29 is 9.53 Å². The fourth-order valence-electron chi connectivity index (χ4n) is 3.92. The van der Waals surface area contributed by atoms with E-state index in [9.17, 15) is 4.79 Å². The molecule has 1 aromatic heterocycles. The van der Waals surface area contributed by atoms with Crippen LogP contribution in [0, 0.1) is 19.8 Å². The largest absolute Gasteiger partial charge is 0.481 e. The smallest absolute Gasteiger partial charge is 0.262 e. The van der Waals surface area contributed by atoms with Gasteiger partial charge in [0.2, 0.25) is 0 Å². The minimum atomic E-state index is -0.180. The molecule has 0 spiro atoms. The van der Waals surface area contributed by atoms with Crippen molar-refractivity contribution in [1.82, 2.24) is 4.98 Å². The normalized spacial score (nSPS) is 14.7. The molecule has 2 heterocycles. The number of para-hydroxylation sites is 1. The standard InChI is InChI=1S/C25H29N3O2/c1-17-11-13-28(14-12-17)23-10-8-20-5-4-6-22(25(20)27-23)30-16-24(29)26-21-9-7-18(2)15-19(21)3/h4-10,15,17H,11-14,16H2,1-3H3,(H,26,29). The number of ether oxygens (including phenoxy) is 1. The van der Waals surface area contributed by atoms with E-state index in [0.717, 1.165) is 47.0 Å². The number of carbonyl (C=O) groups excluding carboxylic acids is 1. The number of nitrogens with zero attached hydrogens (tertiary/aromatic N) is 2. The molecule has 2 aromatic carbocycles. The zero-order valence-corrected chi connectivity index (χ0v) is 17.9. The van der Waals surface area contributed by atoms with Gasteiger partial charge in [0.25, 0.3) is 5.91 Å². The lowest BCUT2D eigenvalue weighted by molar-refractivity contribution is -0.118. The monoisotopic (exact) mass is 403 g/mol. The molecule has 1 aliphatic heterocycles. The van der Waals surface area contributed by atoms with E-state index < -0.39 is 0 Å². The summed E-state index contributed by atoms with van der Waals surface area (Å²) in [5.74, 6) is 2.21. The van der Waals surface area contributed by atoms with Gasteiger partial charge in [-0.2, -0.15) is 0 Å². The van der Waals surface area contributed by atoms with Gasteiger partial charge in [0.05, 0.1) is 0 Å². The Morgan fingerprint density at radius 3 is 2.70 bits per heavy atom. The molecule has 0 radical (unpaired) electrons. The van der Waals surface area contributed by atoms with Gasteiger partial charge in [-0.1, -0.05) is 36.8 Å². The van der Waals surface area contributed by atoms with Crippen LogP contribution in [0.15, 0.2) is 48.5 Å². The maximum atomic E-state index is 12.4. The highest BCUT2D eigenvalue weighted by Gasteiger charge is 2.18. The summed E-state index contributed by atoms with van der Waals surface area (Å²) in [4.78, 5) is 19.7. The number of aryl methyl sites for hydroxylation is 2. The molecule has 0 unspecified atom stereocenters. The van der Waals surface area contributed by atoms with Crippen molar-refractivity contribution in [3.63, 3.8) is 0 Å². The Balaban J connectivity index is 1.48. The summed E-state index contributed by atoms with van der Waals surface area (Å²) in [5.41, 5.74) is 3.82. The molecule has 0 saturated carbocycles. The van der Waals surface area contributed by atoms with Crippen LogP contribution >= 0.6 is 0 Å². The van der Waals surface area contributed by atoms with E-state index in [1.807, 2.05) is 50.2 Å². The summed E-state index contributed by atoms with van der Waals surface area (Å²) in [6.45, 7) is 8.33. The van der Waals surface area contributed by atoms with E-state index in [-0.39, 0.29) is 12.5 Å². The molecule has 0 aliphatic carbocycles. The highest BCUT2D eigenvalue weighted by Crippen LogP contribution is 2.28. The van der Waals surface area contributed by atoms with Crippen LogP contribution in [-0.4, -0.2) is 30.6 Å². The first-order valence-electron chi connectivity index (χ1n) is 10.6. The second-order valence-electron chi connectivity index (χ2n) is 8.32. The van der Waals surface area contributed by atoms with Crippen LogP contribution in [0.25, 0.3) is 10.9 Å². The topological polar surface area (TPSA) is 54.5 Å². The zero-order valence-electron chi connectivity index (χ0n) is 17.9. The maximum Gasteiger partial charge on any atom is 0.262 e. The van der Waals surface area contributed by atoms with Crippen molar-refractivity contribution in [2.45, 2.75) is 33.6 Å². The highest BCUT2D eigenvalue weighted by atomic mass is 16.5. The minimum Gasteiger partial charge on any atom is -0.481 e. The van der Waals surface area contributed by atoms with Gasteiger partial charge in [-0.25, -0.2) is 4.98 Å². The fourth-order valence-corrected chi connectivity index (χ4v) is 3.92. The SMILES string of the molecule is Cc1ccc(NC(=O)COc2cccc3ccc(N4CCC(C)CC4)nc23)c(C)c1. The Morgan fingerprint density at radius 1 is 1.13 bits per heavy atom. The molecule has 1 aliphatic rings. The van der Waals surface area contributed by atoms with Crippen LogP contribution in [0.2, 0.25) is 0 Å². The minimum absolute atomic E-state index is 0.0560. The summed E-state index contributed by atoms with van der Waals surface area (Å²) in [6, 6.07) is 16.0. The molecular formula is C25H29N3O2. The number of fused-ring (bicyclic) bond motifs is 1. The van der Waals surface area contributed by atoms with E-state index in [0.29, 0.717) is 5.75 Å². The van der Waals surface area contributed by atoms with Crippen molar-refractivity contribution in [3.05, 3.63) is 59.7 Å². The van der Waals surface area contributed by atoms with Crippen LogP contribution in [-0.2, 0) is 4.79 Å². The summed E-state index contributed by atoms with van der Waals surface area (Å²) >= 11 is 0. The van der Waals surface area contributed by atoms with Gasteiger partial charge in [-0.05, 0) is 62.4 Å². The molecule has 4 rings (SSSR count). The van der Waals surface area contributed by atoms with E-state index in [1.54, 1.807) is 0 Å². The zero-order chi connectivity index (χ0) is 21.1. The Morgan fingerprint density at radius 2 is 1.93 bits per heavy atom.